The van der Waals surface area contributed by atoms with Crippen LogP contribution in [-0.4, -0.2) is 12.0 Å². The molecule has 1 unspecified atom stereocenters. The molecule has 0 saturated carbocycles. The van der Waals surface area contributed by atoms with E-state index in [2.05, 4.69) is 0 Å². The highest BCUT2D eigenvalue weighted by atomic mass is 19.4. The van der Waals surface area contributed by atoms with Crippen LogP contribution in [0.15, 0.2) is 24.3 Å². The van der Waals surface area contributed by atoms with E-state index in [-0.39, 0.29) is 23.5 Å². The minimum atomic E-state index is -4.14. The van der Waals surface area contributed by atoms with Gasteiger partial charge in [0.2, 0.25) is 0 Å². The molecular weight excluding hydrogens is 289 g/mol. The molecule has 22 heavy (non-hydrogen) atoms. The topological polar surface area (TPSA) is 17.1 Å². The largest absolute Gasteiger partial charge is 0.389 e. The van der Waals surface area contributed by atoms with E-state index < -0.39 is 12.6 Å². The van der Waals surface area contributed by atoms with Crippen LogP contribution in [0.25, 0.3) is 0 Å². The van der Waals surface area contributed by atoms with Crippen molar-refractivity contribution in [1.82, 2.24) is 0 Å². The lowest BCUT2D eigenvalue weighted by atomic mass is 9.68. The highest BCUT2D eigenvalue weighted by Gasteiger charge is 2.36. The monoisotopic (exact) mass is 314 g/mol. The average molecular weight is 314 g/mol. The summed E-state index contributed by atoms with van der Waals surface area (Å²) in [5.74, 6) is -0.197. The van der Waals surface area contributed by atoms with E-state index in [1.54, 1.807) is 24.3 Å². The molecule has 1 aromatic rings. The van der Waals surface area contributed by atoms with Gasteiger partial charge in [-0.15, -0.1) is 0 Å². The lowest BCUT2D eigenvalue weighted by Crippen LogP contribution is -2.26. The van der Waals surface area contributed by atoms with Crippen molar-refractivity contribution in [3.63, 3.8) is 0 Å². The number of Topliss-reactive ketones (excluding diaryl/α,β-unsaturated/α-hetero) is 1. The number of ketones is 1. The molecule has 124 valence electrons. The number of benzene rings is 1. The molecule has 0 saturated heterocycles. The first kappa shape index (κ1) is 18.7. The zero-order valence-electron chi connectivity index (χ0n) is 13.8. The Kier molecular flexibility index (Phi) is 6.21. The minimum Gasteiger partial charge on any atom is -0.295 e. The van der Waals surface area contributed by atoms with Crippen LogP contribution in [0.2, 0.25) is 0 Å². The molecule has 0 bridgehead atoms. The fraction of sp³-hybridized carbons (Fsp3) is 0.611. The van der Waals surface area contributed by atoms with Crippen LogP contribution < -0.4 is 0 Å². The van der Waals surface area contributed by atoms with E-state index in [1.807, 2.05) is 20.8 Å². The number of carbonyl (C=O) groups is 1. The van der Waals surface area contributed by atoms with Crippen LogP contribution in [0.3, 0.4) is 0 Å². The highest BCUT2D eigenvalue weighted by molar-refractivity contribution is 5.94. The predicted molar refractivity (Wildman–Crippen MR) is 83.2 cm³/mol. The maximum atomic E-state index is 12.7. The molecule has 1 rings (SSSR count). The summed E-state index contributed by atoms with van der Waals surface area (Å²) in [6.45, 7) is 7.58. The lowest BCUT2D eigenvalue weighted by Gasteiger charge is -2.37. The van der Waals surface area contributed by atoms with Crippen molar-refractivity contribution in [2.45, 2.75) is 65.5 Å². The summed E-state index contributed by atoms with van der Waals surface area (Å²) >= 11 is 0. The molecule has 0 aliphatic rings. The van der Waals surface area contributed by atoms with Gasteiger partial charge in [-0.25, -0.2) is 0 Å². The second-order valence-corrected chi connectivity index (χ2v) is 6.25. The van der Waals surface area contributed by atoms with Gasteiger partial charge in [0, 0.05) is 12.0 Å². The lowest BCUT2D eigenvalue weighted by molar-refractivity contribution is -0.137. The first-order chi connectivity index (χ1) is 10.1. The van der Waals surface area contributed by atoms with E-state index in [9.17, 15) is 18.0 Å². The van der Waals surface area contributed by atoms with Crippen molar-refractivity contribution in [3.05, 3.63) is 35.4 Å². The summed E-state index contributed by atoms with van der Waals surface area (Å²) in [6.07, 6.45) is -3.19. The first-order valence-electron chi connectivity index (χ1n) is 7.80. The van der Waals surface area contributed by atoms with Crippen LogP contribution in [-0.2, 0) is 0 Å². The Balaban J connectivity index is 3.10. The standard InChI is InChI=1S/C18H25F3O/c1-5-17(4,6-2)16(11-12-18(19,20)21)15-9-7-14(8-10-15)13(3)22/h7-10,16H,5-6,11-12H2,1-4H3. The third-order valence-corrected chi connectivity index (χ3v) is 4.89. The minimum absolute atomic E-state index is 0.0351. The molecule has 4 heteroatoms. The number of halogens is 3. The zero-order chi connectivity index (χ0) is 17.0. The molecule has 0 aliphatic heterocycles. The number of carbonyl (C=O) groups excluding carboxylic acids is 1. The second-order valence-electron chi connectivity index (χ2n) is 6.25. The van der Waals surface area contributed by atoms with Gasteiger partial charge in [-0.2, -0.15) is 13.2 Å². The Morgan fingerprint density at radius 2 is 1.59 bits per heavy atom. The van der Waals surface area contributed by atoms with E-state index in [0.29, 0.717) is 5.56 Å². The van der Waals surface area contributed by atoms with Gasteiger partial charge in [-0.1, -0.05) is 57.9 Å². The number of hydrogen-bond acceptors (Lipinski definition) is 1. The van der Waals surface area contributed by atoms with Crippen LogP contribution in [0.5, 0.6) is 0 Å². The van der Waals surface area contributed by atoms with Gasteiger partial charge in [-0.3, -0.25) is 4.79 Å². The van der Waals surface area contributed by atoms with Crippen molar-refractivity contribution in [3.8, 4) is 0 Å². The summed E-state index contributed by atoms with van der Waals surface area (Å²) in [5.41, 5.74) is 1.30. The number of alkyl halides is 3. The summed E-state index contributed by atoms with van der Waals surface area (Å²) in [5, 5.41) is 0. The van der Waals surface area contributed by atoms with Crippen molar-refractivity contribution in [1.29, 1.82) is 0 Å². The zero-order valence-corrected chi connectivity index (χ0v) is 13.8. The molecule has 0 heterocycles. The second kappa shape index (κ2) is 7.30. The molecule has 0 amide bonds. The molecule has 0 fully saturated rings. The molecule has 0 aliphatic carbocycles. The van der Waals surface area contributed by atoms with Crippen LogP contribution >= 0.6 is 0 Å². The quantitative estimate of drug-likeness (QED) is 0.552. The van der Waals surface area contributed by atoms with Gasteiger partial charge in [0.15, 0.2) is 5.78 Å². The van der Waals surface area contributed by atoms with Crippen molar-refractivity contribution >= 4 is 5.78 Å². The summed E-state index contributed by atoms with van der Waals surface area (Å²) in [6, 6.07) is 7.04. The fourth-order valence-corrected chi connectivity index (χ4v) is 2.92. The molecule has 0 radical (unpaired) electrons. The summed E-state index contributed by atoms with van der Waals surface area (Å²) < 4.78 is 38.0. The fourth-order valence-electron chi connectivity index (χ4n) is 2.92. The van der Waals surface area contributed by atoms with Gasteiger partial charge >= 0.3 is 6.18 Å². The van der Waals surface area contributed by atoms with Crippen LogP contribution in [0.1, 0.15) is 75.2 Å². The Labute approximate surface area is 130 Å². The highest BCUT2D eigenvalue weighted by Crippen LogP contribution is 2.45. The van der Waals surface area contributed by atoms with Crippen molar-refractivity contribution < 1.29 is 18.0 Å². The molecular formula is C18H25F3O. The van der Waals surface area contributed by atoms with E-state index in [0.717, 1.165) is 18.4 Å². The maximum Gasteiger partial charge on any atom is 0.389 e. The molecule has 0 spiro atoms. The van der Waals surface area contributed by atoms with E-state index in [1.165, 1.54) is 6.92 Å². The third-order valence-electron chi connectivity index (χ3n) is 4.89. The smallest absolute Gasteiger partial charge is 0.295 e. The molecule has 0 N–H and O–H groups in total. The molecule has 1 nitrogen and oxygen atoms in total. The van der Waals surface area contributed by atoms with Gasteiger partial charge < -0.3 is 0 Å². The van der Waals surface area contributed by atoms with E-state index in [4.69, 9.17) is 0 Å². The SMILES string of the molecule is CCC(C)(CC)C(CCC(F)(F)F)c1ccc(C(C)=O)cc1. The molecule has 1 atom stereocenters. The Bertz CT molecular complexity index is 484. The maximum absolute atomic E-state index is 12.7. The van der Waals surface area contributed by atoms with Gasteiger partial charge in [0.1, 0.15) is 0 Å². The van der Waals surface area contributed by atoms with Crippen LogP contribution in [0, 0.1) is 5.41 Å². The van der Waals surface area contributed by atoms with Crippen molar-refractivity contribution in [2.24, 2.45) is 5.41 Å². The predicted octanol–water partition coefficient (Wildman–Crippen LogP) is 6.14. The van der Waals surface area contributed by atoms with E-state index >= 15 is 0 Å². The number of rotatable bonds is 7. The third kappa shape index (κ3) is 4.85. The van der Waals surface area contributed by atoms with Gasteiger partial charge in [0.05, 0.1) is 0 Å². The number of hydrogen-bond donors (Lipinski definition) is 0. The summed E-state index contributed by atoms with van der Waals surface area (Å²) in [7, 11) is 0. The van der Waals surface area contributed by atoms with Crippen molar-refractivity contribution in [2.75, 3.05) is 0 Å². The molecule has 1 aromatic carbocycles. The first-order valence-corrected chi connectivity index (χ1v) is 7.80. The average Bonchev–Trinajstić information content (AvgIpc) is 2.46. The summed E-state index contributed by atoms with van der Waals surface area (Å²) in [4.78, 5) is 11.3. The Morgan fingerprint density at radius 1 is 1.09 bits per heavy atom. The Hall–Kier alpha value is -1.32. The molecule has 0 aromatic heterocycles. The Morgan fingerprint density at radius 3 is 1.95 bits per heavy atom. The normalized spacial score (nSPS) is 14.0. The van der Waals surface area contributed by atoms with Crippen LogP contribution in [0.4, 0.5) is 13.2 Å². The van der Waals surface area contributed by atoms with Gasteiger partial charge in [-0.05, 0) is 30.2 Å². The van der Waals surface area contributed by atoms with Gasteiger partial charge in [0.25, 0.3) is 0 Å².